The van der Waals surface area contributed by atoms with Crippen LogP contribution in [0.3, 0.4) is 0 Å². The Balaban J connectivity index is 1.65. The topological polar surface area (TPSA) is 63.7 Å². The van der Waals surface area contributed by atoms with Crippen LogP contribution in [0.4, 0.5) is 5.69 Å². The van der Waals surface area contributed by atoms with Crippen LogP contribution in [-0.2, 0) is 0 Å². The average Bonchev–Trinajstić information content (AvgIpc) is 3.04. The lowest BCUT2D eigenvalue weighted by Crippen LogP contribution is -2.34. The predicted molar refractivity (Wildman–Crippen MR) is 176 cm³/mol. The summed E-state index contributed by atoms with van der Waals surface area (Å²) in [6.45, 7) is 11.2. The Bertz CT molecular complexity index is 1250. The number of hydrogen-bond acceptors (Lipinski definition) is 5. The lowest BCUT2D eigenvalue weighted by Gasteiger charge is -2.32. The highest BCUT2D eigenvalue weighted by atomic mass is 16.5. The molecule has 2 atom stereocenters. The zero-order valence-electron chi connectivity index (χ0n) is 26.5. The Hall–Kier alpha value is -3.73. The van der Waals surface area contributed by atoms with Crippen LogP contribution >= 0.6 is 0 Å². The lowest BCUT2D eigenvalue weighted by molar-refractivity contribution is 0.0734. The molecule has 0 saturated heterocycles. The van der Waals surface area contributed by atoms with E-state index in [1.165, 1.54) is 51.4 Å². The van der Waals surface area contributed by atoms with Gasteiger partial charge in [0.25, 0.3) is 0 Å². The lowest BCUT2D eigenvalue weighted by atomic mass is 9.95. The van der Waals surface area contributed by atoms with Gasteiger partial charge in [0.1, 0.15) is 5.75 Å². The van der Waals surface area contributed by atoms with Crippen LogP contribution in [0.15, 0.2) is 78.9 Å². The quantitative estimate of drug-likeness (QED) is 0.0608. The van der Waals surface area contributed by atoms with Crippen LogP contribution < -0.4 is 9.64 Å². The van der Waals surface area contributed by atoms with Gasteiger partial charge in [0.05, 0.1) is 12.0 Å². The molecule has 0 aliphatic rings. The Morgan fingerprint density at radius 1 is 0.628 bits per heavy atom. The van der Waals surface area contributed by atoms with Gasteiger partial charge in [-0.15, -0.1) is 0 Å². The largest absolute Gasteiger partial charge is 0.423 e. The minimum Gasteiger partial charge on any atom is -0.423 e. The summed E-state index contributed by atoms with van der Waals surface area (Å²) in [4.78, 5) is 40.5. The Labute approximate surface area is 258 Å². The number of nitrogens with zero attached hydrogens (tertiary/aromatic N) is 1. The molecule has 5 nitrogen and oxygen atoms in total. The summed E-state index contributed by atoms with van der Waals surface area (Å²) in [5.41, 5.74) is 2.55. The summed E-state index contributed by atoms with van der Waals surface area (Å²) in [6, 6.07) is 22.9. The molecule has 3 rings (SSSR count). The summed E-state index contributed by atoms with van der Waals surface area (Å²) in [6.07, 6.45) is 9.56. The average molecular weight is 584 g/mol. The second-order valence-corrected chi connectivity index (χ2v) is 11.6. The first-order valence-electron chi connectivity index (χ1n) is 16.2. The van der Waals surface area contributed by atoms with Crippen LogP contribution in [0.25, 0.3) is 0 Å². The van der Waals surface area contributed by atoms with Crippen molar-refractivity contribution in [1.82, 2.24) is 0 Å². The zero-order valence-corrected chi connectivity index (χ0v) is 26.5. The van der Waals surface area contributed by atoms with Gasteiger partial charge in [0.15, 0.2) is 11.6 Å². The highest BCUT2D eigenvalue weighted by Crippen LogP contribution is 2.25. The van der Waals surface area contributed by atoms with Crippen molar-refractivity contribution in [2.24, 2.45) is 11.8 Å². The number of ketones is 2. The van der Waals surface area contributed by atoms with Gasteiger partial charge in [-0.3, -0.25) is 9.59 Å². The van der Waals surface area contributed by atoms with Gasteiger partial charge < -0.3 is 9.64 Å². The van der Waals surface area contributed by atoms with Gasteiger partial charge in [-0.05, 0) is 73.2 Å². The second kappa shape index (κ2) is 18.0. The van der Waals surface area contributed by atoms with E-state index in [0.717, 1.165) is 18.8 Å². The minimum atomic E-state index is -0.444. The molecule has 0 aliphatic carbocycles. The monoisotopic (exact) mass is 583 g/mol. The fourth-order valence-electron chi connectivity index (χ4n) is 5.40. The molecule has 0 fully saturated rings. The molecule has 0 spiro atoms. The van der Waals surface area contributed by atoms with Crippen LogP contribution in [0.2, 0.25) is 0 Å². The third-order valence-electron chi connectivity index (χ3n) is 8.32. The van der Waals surface area contributed by atoms with Gasteiger partial charge in [0.2, 0.25) is 0 Å². The van der Waals surface area contributed by atoms with Crippen LogP contribution in [0, 0.1) is 11.8 Å². The third kappa shape index (κ3) is 10.8. The summed E-state index contributed by atoms with van der Waals surface area (Å²) in [5.74, 6) is 0.719. The summed E-state index contributed by atoms with van der Waals surface area (Å²) in [7, 11) is 0. The first-order valence-corrected chi connectivity index (χ1v) is 16.2. The first-order chi connectivity index (χ1) is 20.9. The number of hydrogen-bond donors (Lipinski definition) is 0. The van der Waals surface area contributed by atoms with Crippen molar-refractivity contribution in [1.29, 1.82) is 0 Å². The molecule has 43 heavy (non-hydrogen) atoms. The highest BCUT2D eigenvalue weighted by molar-refractivity contribution is 6.13. The van der Waals surface area contributed by atoms with Crippen LogP contribution in [0.1, 0.15) is 117 Å². The number of carbonyl (C=O) groups excluding carboxylic acids is 3. The molecule has 2 unspecified atom stereocenters. The van der Waals surface area contributed by atoms with E-state index >= 15 is 0 Å². The highest BCUT2D eigenvalue weighted by Gasteiger charge is 2.19. The fourth-order valence-corrected chi connectivity index (χ4v) is 5.40. The number of Topliss-reactive ketones (excluding diaryl/α,β-unsaturated/α-hetero) is 2. The Morgan fingerprint density at radius 3 is 1.60 bits per heavy atom. The molecule has 0 aromatic heterocycles. The van der Waals surface area contributed by atoms with Crippen LogP contribution in [0.5, 0.6) is 5.75 Å². The smallest absolute Gasteiger partial charge is 0.343 e. The first kappa shape index (κ1) is 33.8. The van der Waals surface area contributed by atoms with E-state index in [2.05, 4.69) is 32.6 Å². The third-order valence-corrected chi connectivity index (χ3v) is 8.32. The number of carbonyl (C=O) groups is 3. The molecule has 3 aromatic rings. The number of esters is 1. The maximum Gasteiger partial charge on any atom is 0.343 e. The molecule has 230 valence electrons. The molecule has 0 N–H and O–H groups in total. The molecule has 0 radical (unpaired) electrons. The number of rotatable bonds is 19. The maximum atomic E-state index is 13.0. The van der Waals surface area contributed by atoms with Gasteiger partial charge >= 0.3 is 5.97 Å². The van der Waals surface area contributed by atoms with Crippen molar-refractivity contribution >= 4 is 23.2 Å². The van der Waals surface area contributed by atoms with E-state index in [-0.39, 0.29) is 18.0 Å². The van der Waals surface area contributed by atoms with Crippen molar-refractivity contribution in [3.8, 4) is 5.75 Å². The van der Waals surface area contributed by atoms with E-state index in [9.17, 15) is 14.4 Å². The SMILES string of the molecule is CCCCC(CC)CN(CC(CC)CCCC)c1ccc(C(=O)Oc2ccc(C(=O)CC(=O)c3ccccc3)cc2)cc1. The van der Waals surface area contributed by atoms with E-state index in [1.54, 1.807) is 48.5 Å². The standard InChI is InChI=1S/C38H49NO4/c1-5-9-14-29(7-3)27-39(28-30(8-4)15-10-6-2)34-22-18-33(19-23-34)38(42)43-35-24-20-32(21-25-35)37(41)26-36(40)31-16-12-11-13-17-31/h11-13,16-25,29-30H,5-10,14-15,26-28H2,1-4H3. The van der Waals surface area contributed by atoms with Gasteiger partial charge in [-0.25, -0.2) is 4.79 Å². The molecule has 0 aliphatic heterocycles. The summed E-state index contributed by atoms with van der Waals surface area (Å²) in [5, 5.41) is 0. The minimum absolute atomic E-state index is 0.207. The number of benzene rings is 3. The van der Waals surface area contributed by atoms with E-state index < -0.39 is 5.97 Å². The second-order valence-electron chi connectivity index (χ2n) is 11.6. The molecular weight excluding hydrogens is 534 g/mol. The predicted octanol–water partition coefficient (Wildman–Crippen LogP) is 9.60. The molecule has 0 heterocycles. The molecule has 0 bridgehead atoms. The molecular formula is C38H49NO4. The maximum absolute atomic E-state index is 13.0. The summed E-state index contributed by atoms with van der Waals surface area (Å²) >= 11 is 0. The van der Waals surface area contributed by atoms with Crippen LogP contribution in [-0.4, -0.2) is 30.6 Å². The number of anilines is 1. The van der Waals surface area contributed by atoms with Crippen molar-refractivity contribution in [2.45, 2.75) is 85.5 Å². The molecule has 0 saturated carbocycles. The van der Waals surface area contributed by atoms with Gasteiger partial charge in [-0.2, -0.15) is 0 Å². The molecule has 5 heteroatoms. The van der Waals surface area contributed by atoms with Crippen molar-refractivity contribution in [3.63, 3.8) is 0 Å². The number of ether oxygens (including phenoxy) is 1. The fraction of sp³-hybridized carbons (Fsp3) is 0.447. The Morgan fingerprint density at radius 2 is 1.12 bits per heavy atom. The summed E-state index contributed by atoms with van der Waals surface area (Å²) < 4.78 is 5.61. The molecule has 3 aromatic carbocycles. The van der Waals surface area contributed by atoms with E-state index in [1.807, 2.05) is 30.3 Å². The van der Waals surface area contributed by atoms with Crippen molar-refractivity contribution in [2.75, 3.05) is 18.0 Å². The van der Waals surface area contributed by atoms with Crippen molar-refractivity contribution in [3.05, 3.63) is 95.6 Å². The zero-order chi connectivity index (χ0) is 31.0. The van der Waals surface area contributed by atoms with Gasteiger partial charge in [0, 0.05) is 29.9 Å². The molecule has 0 amide bonds. The normalized spacial score (nSPS) is 12.4. The Kier molecular flexibility index (Phi) is 14.2. The van der Waals surface area contributed by atoms with Crippen molar-refractivity contribution < 1.29 is 19.1 Å². The number of unbranched alkanes of at least 4 members (excludes halogenated alkanes) is 2. The van der Waals surface area contributed by atoms with Gasteiger partial charge in [-0.1, -0.05) is 96.6 Å². The van der Waals surface area contributed by atoms with E-state index in [0.29, 0.717) is 34.3 Å². The van der Waals surface area contributed by atoms with E-state index in [4.69, 9.17) is 4.74 Å².